The number of hydrogen-bond acceptors (Lipinski definition) is 3. The van der Waals surface area contributed by atoms with E-state index in [0.29, 0.717) is 12.0 Å². The van der Waals surface area contributed by atoms with E-state index >= 15 is 0 Å². The first-order valence-electron chi connectivity index (χ1n) is 8.55. The van der Waals surface area contributed by atoms with Crippen LogP contribution < -0.4 is 5.73 Å². The second-order valence-electron chi connectivity index (χ2n) is 6.90. The fourth-order valence-electron chi connectivity index (χ4n) is 3.31. The molecule has 2 fully saturated rings. The van der Waals surface area contributed by atoms with Crippen molar-refractivity contribution in [2.24, 2.45) is 16.6 Å². The van der Waals surface area contributed by atoms with Crippen molar-refractivity contribution in [1.29, 1.82) is 0 Å². The van der Waals surface area contributed by atoms with Gasteiger partial charge in [-0.2, -0.15) is 0 Å². The molecule has 2 aliphatic rings. The Labute approximate surface area is 130 Å². The summed E-state index contributed by atoms with van der Waals surface area (Å²) in [5.41, 5.74) is 6.20. The molecule has 0 saturated carbocycles. The first-order valence-corrected chi connectivity index (χ1v) is 8.55. The summed E-state index contributed by atoms with van der Waals surface area (Å²) in [6.45, 7) is 12.2. The minimum Gasteiger partial charge on any atom is -0.370 e. The van der Waals surface area contributed by atoms with Gasteiger partial charge in [0.1, 0.15) is 0 Å². The van der Waals surface area contributed by atoms with E-state index in [0.717, 1.165) is 51.8 Å². The van der Waals surface area contributed by atoms with Gasteiger partial charge in [0.15, 0.2) is 5.96 Å². The van der Waals surface area contributed by atoms with Gasteiger partial charge >= 0.3 is 0 Å². The maximum absolute atomic E-state index is 6.20. The minimum atomic E-state index is 0.516. The number of guanidine groups is 1. The fraction of sp³-hybridized carbons (Fsp3) is 0.938. The Bertz CT molecular complexity index is 328. The van der Waals surface area contributed by atoms with Crippen molar-refractivity contribution in [2.75, 3.05) is 52.9 Å². The Morgan fingerprint density at radius 2 is 1.62 bits per heavy atom. The van der Waals surface area contributed by atoms with Gasteiger partial charge in [0.25, 0.3) is 0 Å². The molecule has 2 N–H and O–H groups in total. The van der Waals surface area contributed by atoms with Crippen LogP contribution in [0.15, 0.2) is 4.99 Å². The van der Waals surface area contributed by atoms with Crippen LogP contribution in [0.5, 0.6) is 0 Å². The van der Waals surface area contributed by atoms with Crippen LogP contribution in [0, 0.1) is 5.92 Å². The Kier molecular flexibility index (Phi) is 6.30. The van der Waals surface area contributed by atoms with Crippen molar-refractivity contribution in [1.82, 2.24) is 14.7 Å². The van der Waals surface area contributed by atoms with E-state index in [1.165, 1.54) is 19.3 Å². The summed E-state index contributed by atoms with van der Waals surface area (Å²) in [7, 11) is 2.20. The predicted octanol–water partition coefficient (Wildman–Crippen LogP) is 1.06. The molecule has 122 valence electrons. The van der Waals surface area contributed by atoms with Gasteiger partial charge in [-0.05, 0) is 32.2 Å². The highest BCUT2D eigenvalue weighted by molar-refractivity contribution is 5.78. The van der Waals surface area contributed by atoms with Crippen molar-refractivity contribution >= 4 is 5.96 Å². The van der Waals surface area contributed by atoms with Crippen molar-refractivity contribution in [2.45, 2.75) is 39.2 Å². The molecule has 0 aromatic rings. The van der Waals surface area contributed by atoms with Gasteiger partial charge in [-0.25, -0.2) is 0 Å². The summed E-state index contributed by atoms with van der Waals surface area (Å²) in [6, 6.07) is 0.516. The van der Waals surface area contributed by atoms with Gasteiger partial charge < -0.3 is 15.5 Å². The highest BCUT2D eigenvalue weighted by Crippen LogP contribution is 2.14. The third-order valence-corrected chi connectivity index (χ3v) is 4.90. The molecule has 21 heavy (non-hydrogen) atoms. The average Bonchev–Trinajstić information content (AvgIpc) is 2.49. The number of hydrogen-bond donors (Lipinski definition) is 1. The van der Waals surface area contributed by atoms with Gasteiger partial charge in [-0.3, -0.25) is 9.89 Å². The summed E-state index contributed by atoms with van der Waals surface area (Å²) in [5.74, 6) is 1.38. The number of piperidine rings is 1. The van der Waals surface area contributed by atoms with Gasteiger partial charge in [0.05, 0.1) is 6.54 Å². The van der Waals surface area contributed by atoms with Gasteiger partial charge in [-0.15, -0.1) is 0 Å². The molecule has 5 heteroatoms. The predicted molar refractivity (Wildman–Crippen MR) is 89.6 cm³/mol. The maximum atomic E-state index is 6.20. The van der Waals surface area contributed by atoms with Crippen LogP contribution in [0.4, 0.5) is 0 Å². The Balaban J connectivity index is 1.89. The lowest BCUT2D eigenvalue weighted by molar-refractivity contribution is 0.0924. The standard InChI is InChI=1S/C16H33N5/c1-14(2)15(20-11-9-19(3)10-12-20)13-18-16(17)21-7-5-4-6-8-21/h14-15H,4-13H2,1-3H3,(H2,17,18). The van der Waals surface area contributed by atoms with E-state index in [-0.39, 0.29) is 0 Å². The average molecular weight is 295 g/mol. The molecule has 2 saturated heterocycles. The number of nitrogens with zero attached hydrogens (tertiary/aromatic N) is 4. The quantitative estimate of drug-likeness (QED) is 0.622. The highest BCUT2D eigenvalue weighted by atomic mass is 15.3. The SMILES string of the molecule is CC(C)C(CN=C(N)N1CCCCC1)N1CCN(C)CC1. The molecule has 1 unspecified atom stereocenters. The summed E-state index contributed by atoms with van der Waals surface area (Å²) in [5, 5.41) is 0. The van der Waals surface area contributed by atoms with Crippen LogP contribution in [0.3, 0.4) is 0 Å². The molecule has 1 atom stereocenters. The van der Waals surface area contributed by atoms with E-state index in [4.69, 9.17) is 10.7 Å². The van der Waals surface area contributed by atoms with Crippen LogP contribution >= 0.6 is 0 Å². The van der Waals surface area contributed by atoms with Crippen LogP contribution in [0.2, 0.25) is 0 Å². The third kappa shape index (κ3) is 4.85. The van der Waals surface area contributed by atoms with Crippen LogP contribution in [-0.2, 0) is 0 Å². The molecule has 2 aliphatic heterocycles. The second kappa shape index (κ2) is 7.99. The zero-order chi connectivity index (χ0) is 15.2. The molecule has 0 radical (unpaired) electrons. The molecule has 0 aliphatic carbocycles. The van der Waals surface area contributed by atoms with Crippen LogP contribution in [0.1, 0.15) is 33.1 Å². The van der Waals surface area contributed by atoms with E-state index in [2.05, 4.69) is 35.6 Å². The smallest absolute Gasteiger partial charge is 0.191 e. The molecule has 0 spiro atoms. The Hall–Kier alpha value is -0.810. The Morgan fingerprint density at radius 3 is 2.19 bits per heavy atom. The first kappa shape index (κ1) is 16.6. The molecule has 2 heterocycles. The topological polar surface area (TPSA) is 48.1 Å². The highest BCUT2D eigenvalue weighted by Gasteiger charge is 2.25. The molecule has 0 amide bonds. The summed E-state index contributed by atoms with van der Waals surface area (Å²) >= 11 is 0. The van der Waals surface area contributed by atoms with E-state index < -0.39 is 0 Å². The zero-order valence-corrected chi connectivity index (χ0v) is 14.1. The minimum absolute atomic E-state index is 0.516. The van der Waals surface area contributed by atoms with E-state index in [1.54, 1.807) is 0 Å². The third-order valence-electron chi connectivity index (χ3n) is 4.90. The summed E-state index contributed by atoms with van der Waals surface area (Å²) in [6.07, 6.45) is 3.84. The number of nitrogens with two attached hydrogens (primary N) is 1. The monoisotopic (exact) mass is 295 g/mol. The lowest BCUT2D eigenvalue weighted by Gasteiger charge is -2.39. The van der Waals surface area contributed by atoms with Crippen molar-refractivity contribution in [3.8, 4) is 0 Å². The zero-order valence-electron chi connectivity index (χ0n) is 14.1. The first-order chi connectivity index (χ1) is 10.1. The van der Waals surface area contributed by atoms with Crippen molar-refractivity contribution in [3.63, 3.8) is 0 Å². The number of likely N-dealkylation sites (tertiary alicyclic amines) is 1. The molecule has 2 rings (SSSR count). The van der Waals surface area contributed by atoms with Crippen molar-refractivity contribution < 1.29 is 0 Å². The molecule has 0 aromatic carbocycles. The molecular weight excluding hydrogens is 262 g/mol. The van der Waals surface area contributed by atoms with Crippen LogP contribution in [0.25, 0.3) is 0 Å². The lowest BCUT2D eigenvalue weighted by atomic mass is 10.0. The van der Waals surface area contributed by atoms with Crippen molar-refractivity contribution in [3.05, 3.63) is 0 Å². The number of aliphatic imine (C=N–C) groups is 1. The van der Waals surface area contributed by atoms with Gasteiger partial charge in [0, 0.05) is 45.3 Å². The largest absolute Gasteiger partial charge is 0.370 e. The van der Waals surface area contributed by atoms with Crippen LogP contribution in [-0.4, -0.2) is 79.6 Å². The van der Waals surface area contributed by atoms with E-state index in [1.807, 2.05) is 0 Å². The van der Waals surface area contributed by atoms with Gasteiger partial charge in [-0.1, -0.05) is 13.8 Å². The second-order valence-corrected chi connectivity index (χ2v) is 6.90. The molecule has 0 bridgehead atoms. The Morgan fingerprint density at radius 1 is 1.00 bits per heavy atom. The maximum Gasteiger partial charge on any atom is 0.191 e. The molecular formula is C16H33N5. The summed E-state index contributed by atoms with van der Waals surface area (Å²) < 4.78 is 0. The lowest BCUT2D eigenvalue weighted by Crippen LogP contribution is -2.52. The van der Waals surface area contributed by atoms with E-state index in [9.17, 15) is 0 Å². The molecule has 5 nitrogen and oxygen atoms in total. The number of rotatable bonds is 4. The molecule has 0 aromatic heterocycles. The number of likely N-dealkylation sites (N-methyl/N-ethyl adjacent to an activating group) is 1. The normalized spacial score (nSPS) is 24.6. The summed E-state index contributed by atoms with van der Waals surface area (Å²) in [4.78, 5) is 12.0. The fourth-order valence-corrected chi connectivity index (χ4v) is 3.31. The number of piperazine rings is 1. The van der Waals surface area contributed by atoms with Gasteiger partial charge in [0.2, 0.25) is 0 Å².